The van der Waals surface area contributed by atoms with Gasteiger partial charge in [-0.3, -0.25) is 0 Å². The monoisotopic (exact) mass is 526 g/mol. The minimum absolute atomic E-state index is 1.06. The normalized spacial score (nSPS) is 12.4. The minimum Gasteiger partial charge on any atom is -0.0882 e. The van der Waals surface area contributed by atoms with Crippen LogP contribution in [-0.4, -0.2) is 0 Å². The van der Waals surface area contributed by atoms with Crippen LogP contribution in [0.4, 0.5) is 0 Å². The van der Waals surface area contributed by atoms with Crippen molar-refractivity contribution in [2.24, 2.45) is 0 Å². The Balaban J connectivity index is 3.20. The molecule has 0 amide bonds. The van der Waals surface area contributed by atoms with Gasteiger partial charge in [0.15, 0.2) is 0 Å². The van der Waals surface area contributed by atoms with Crippen molar-refractivity contribution in [3.05, 3.63) is 55.0 Å². The molecule has 38 heavy (non-hydrogen) atoms. The van der Waals surface area contributed by atoms with Crippen molar-refractivity contribution in [2.75, 3.05) is 0 Å². The van der Waals surface area contributed by atoms with Crippen LogP contribution in [0.3, 0.4) is 0 Å². The lowest BCUT2D eigenvalue weighted by Crippen LogP contribution is -1.84. The average Bonchev–Trinajstić information content (AvgIpc) is 2.93. The van der Waals surface area contributed by atoms with Crippen LogP contribution in [0.25, 0.3) is 0 Å². The molecule has 0 bridgehead atoms. The van der Waals surface area contributed by atoms with Crippen molar-refractivity contribution in [3.8, 4) is 0 Å². The summed E-state index contributed by atoms with van der Waals surface area (Å²) in [5, 5.41) is 0. The Bertz CT molecular complexity index is 520. The smallest absolute Gasteiger partial charge is 0.0169 e. The predicted octanol–water partition coefficient (Wildman–Crippen LogP) is 14.0. The average molecular weight is 526 g/mol. The zero-order valence-electron chi connectivity index (χ0n) is 26.3. The number of hydrogen-bond acceptors (Lipinski definition) is 0. The van der Waals surface area contributed by atoms with Crippen molar-refractivity contribution in [1.29, 1.82) is 0 Å². The highest BCUT2D eigenvalue weighted by atomic mass is 14.0. The molecule has 0 heteroatoms. The summed E-state index contributed by atoms with van der Waals surface area (Å²) in [7, 11) is 0. The number of rotatable bonds is 31. The van der Waals surface area contributed by atoms with Crippen molar-refractivity contribution in [2.45, 2.75) is 187 Å². The largest absolute Gasteiger partial charge is 0.0882 e. The molecule has 0 nitrogen and oxygen atoms in total. The molecule has 0 saturated carbocycles. The molecule has 0 N–H and O–H groups in total. The number of hydrogen-bond donors (Lipinski definition) is 0. The van der Waals surface area contributed by atoms with E-state index in [2.05, 4.69) is 68.9 Å². The summed E-state index contributed by atoms with van der Waals surface area (Å²) in [6.07, 6.45) is 57.9. The minimum atomic E-state index is 1.06. The van der Waals surface area contributed by atoms with E-state index < -0.39 is 0 Å². The van der Waals surface area contributed by atoms with Gasteiger partial charge in [-0.25, -0.2) is 0 Å². The molecule has 0 spiro atoms. The molecule has 0 aliphatic rings. The summed E-state index contributed by atoms with van der Waals surface area (Å²) < 4.78 is 0. The molecule has 0 unspecified atom stereocenters. The highest BCUT2D eigenvalue weighted by molar-refractivity contribution is 4.99. The lowest BCUT2D eigenvalue weighted by molar-refractivity contribution is 0.528. The predicted molar refractivity (Wildman–Crippen MR) is 177 cm³/mol. The third-order valence-electron chi connectivity index (χ3n) is 7.50. The molecule has 0 aliphatic heterocycles. The van der Waals surface area contributed by atoms with E-state index in [4.69, 9.17) is 0 Å². The van der Waals surface area contributed by atoms with Gasteiger partial charge in [-0.2, -0.15) is 0 Å². The summed E-state index contributed by atoms with van der Waals surface area (Å²) in [5.74, 6) is 0. The molecule has 0 aliphatic carbocycles. The van der Waals surface area contributed by atoms with Gasteiger partial charge in [0.05, 0.1) is 0 Å². The van der Waals surface area contributed by atoms with E-state index in [1.165, 1.54) is 154 Å². The Kier molecular flexibility index (Phi) is 35.0. The third-order valence-corrected chi connectivity index (χ3v) is 7.50. The summed E-state index contributed by atoms with van der Waals surface area (Å²) in [6, 6.07) is 0. The van der Waals surface area contributed by atoms with Crippen LogP contribution >= 0.6 is 0 Å². The van der Waals surface area contributed by atoms with E-state index in [-0.39, 0.29) is 0 Å². The van der Waals surface area contributed by atoms with Gasteiger partial charge in [-0.15, -0.1) is 0 Å². The fourth-order valence-corrected chi connectivity index (χ4v) is 4.92. The number of allylic oxidation sites excluding steroid dienone is 8. The fraction of sp³-hybridized carbons (Fsp3) is 0.763. The lowest BCUT2D eigenvalue weighted by Gasteiger charge is -2.04. The van der Waals surface area contributed by atoms with Gasteiger partial charge in [-0.1, -0.05) is 184 Å². The van der Waals surface area contributed by atoms with Crippen LogP contribution < -0.4 is 0 Å². The van der Waals surface area contributed by atoms with Gasteiger partial charge >= 0.3 is 0 Å². The van der Waals surface area contributed by atoms with E-state index >= 15 is 0 Å². The Morgan fingerprint density at radius 3 is 1.00 bits per heavy atom. The van der Waals surface area contributed by atoms with Gasteiger partial charge in [0, 0.05) is 0 Å². The third kappa shape index (κ3) is 35.0. The molecule has 0 aromatic carbocycles. The maximum atomic E-state index is 2.53. The van der Waals surface area contributed by atoms with Gasteiger partial charge in [0.1, 0.15) is 0 Å². The van der Waals surface area contributed by atoms with E-state index in [0.717, 1.165) is 19.3 Å². The van der Waals surface area contributed by atoms with E-state index in [1.54, 1.807) is 0 Å². The first kappa shape index (κ1) is 37.0. The molecule has 0 heterocycles. The summed E-state index contributed by atoms with van der Waals surface area (Å²) in [4.78, 5) is 0. The first-order chi connectivity index (χ1) is 18.9. The van der Waals surface area contributed by atoms with E-state index in [9.17, 15) is 0 Å². The molecule has 221 valence electrons. The first-order valence-corrected chi connectivity index (χ1v) is 17.3. The summed E-state index contributed by atoms with van der Waals surface area (Å²) >= 11 is 0. The van der Waals surface area contributed by atoms with Gasteiger partial charge in [-0.05, 0) is 57.8 Å². The van der Waals surface area contributed by atoms with Gasteiger partial charge in [0.2, 0.25) is 0 Å². The van der Waals surface area contributed by atoms with Crippen molar-refractivity contribution >= 4 is 0 Å². The molecule has 0 rings (SSSR count). The highest BCUT2D eigenvalue weighted by Crippen LogP contribution is 2.15. The van der Waals surface area contributed by atoms with Crippen LogP contribution in [0.2, 0.25) is 0 Å². The lowest BCUT2D eigenvalue weighted by atomic mass is 10.0. The highest BCUT2D eigenvalue weighted by Gasteiger charge is 1.95. The molecule has 0 fully saturated rings. The van der Waals surface area contributed by atoms with Crippen LogP contribution in [0.5, 0.6) is 0 Å². The van der Waals surface area contributed by atoms with Crippen LogP contribution in [0, 0.1) is 6.42 Å². The van der Waals surface area contributed by atoms with Crippen molar-refractivity contribution < 1.29 is 0 Å². The quantitative estimate of drug-likeness (QED) is 0.0623. The second-order valence-corrected chi connectivity index (χ2v) is 11.4. The maximum Gasteiger partial charge on any atom is -0.0169 e. The van der Waals surface area contributed by atoms with E-state index in [0.29, 0.717) is 0 Å². The van der Waals surface area contributed by atoms with E-state index in [1.807, 2.05) is 0 Å². The Morgan fingerprint density at radius 1 is 0.263 bits per heavy atom. The number of unbranched alkanes of at least 4 members (excludes halogenated alkanes) is 23. The van der Waals surface area contributed by atoms with Crippen molar-refractivity contribution in [3.63, 3.8) is 0 Å². The fourth-order valence-electron chi connectivity index (χ4n) is 4.92. The molecule has 0 atom stereocenters. The zero-order valence-corrected chi connectivity index (χ0v) is 26.3. The topological polar surface area (TPSA) is 0 Å². The molecular weight excluding hydrogens is 456 g/mol. The maximum absolute atomic E-state index is 2.53. The summed E-state index contributed by atoms with van der Waals surface area (Å²) in [6.45, 7) is 4.56. The molecule has 0 saturated heterocycles. The van der Waals surface area contributed by atoms with Gasteiger partial charge in [0.25, 0.3) is 0 Å². The second-order valence-electron chi connectivity index (χ2n) is 11.4. The summed E-state index contributed by atoms with van der Waals surface area (Å²) in [5.41, 5.74) is 0. The van der Waals surface area contributed by atoms with Crippen LogP contribution in [0.1, 0.15) is 187 Å². The standard InChI is InChI=1S/C38H69/c1-3-5-7-9-11-13-15-17-19-21-23-25-27-29-31-33-35-37-38-36-34-32-30-28-26-24-22-20-18-16-14-12-10-8-6-4-2/h11,13,17,19,23,25,29,31,38H,3-10,12,14-16,18,20-22,24,26-28,30,32-37H2,1-2H3/b13-11-,19-17-,25-23-,31-29-. The molecule has 0 aromatic heterocycles. The SMILES string of the molecule is CCCCC/C=C\C/C=C\C/C=C\C/C=C\CCC[CH]CCCCCCCCCCCCCCCCCC. The van der Waals surface area contributed by atoms with Crippen LogP contribution in [-0.2, 0) is 0 Å². The second kappa shape index (κ2) is 36.0. The molecule has 1 radical (unpaired) electrons. The van der Waals surface area contributed by atoms with Crippen LogP contribution in [0.15, 0.2) is 48.6 Å². The molecule has 0 aromatic rings. The van der Waals surface area contributed by atoms with Gasteiger partial charge < -0.3 is 0 Å². The molecular formula is C38H69. The first-order valence-electron chi connectivity index (χ1n) is 17.3. The zero-order chi connectivity index (χ0) is 27.5. The van der Waals surface area contributed by atoms with Crippen molar-refractivity contribution in [1.82, 2.24) is 0 Å². The Morgan fingerprint density at radius 2 is 0.553 bits per heavy atom. The Hall–Kier alpha value is -1.04. The Labute approximate surface area is 241 Å².